The molecule has 0 saturated carbocycles. The van der Waals surface area contributed by atoms with Crippen LogP contribution in [0, 0.1) is 0 Å². The zero-order chi connectivity index (χ0) is 9.14. The Bertz CT molecular complexity index is 280. The minimum atomic E-state index is 0.147. The van der Waals surface area contributed by atoms with Crippen molar-refractivity contribution in [2.75, 3.05) is 0 Å². The minimum absolute atomic E-state index is 0.147. The average Bonchev–Trinajstić information content (AvgIpc) is 2.50. The second-order valence-electron chi connectivity index (χ2n) is 2.92. The Balaban J connectivity index is 2.99. The van der Waals surface area contributed by atoms with Crippen LogP contribution < -0.4 is 0 Å². The molecule has 1 rings (SSSR count). The van der Waals surface area contributed by atoms with Gasteiger partial charge in [-0.25, -0.2) is 0 Å². The Labute approximate surface area is 76.0 Å². The molecule has 0 aliphatic heterocycles. The van der Waals surface area contributed by atoms with E-state index in [1.54, 1.807) is 0 Å². The molecule has 1 aromatic heterocycles. The van der Waals surface area contributed by atoms with E-state index in [-0.39, 0.29) is 11.7 Å². The molecule has 0 N–H and O–H groups in total. The van der Waals surface area contributed by atoms with Crippen molar-refractivity contribution in [2.24, 2.45) is 0 Å². The van der Waals surface area contributed by atoms with Gasteiger partial charge in [-0.2, -0.15) is 0 Å². The summed E-state index contributed by atoms with van der Waals surface area (Å²) in [4.78, 5) is 12.1. The van der Waals surface area contributed by atoms with Crippen LogP contribution in [0.1, 0.15) is 48.5 Å². The van der Waals surface area contributed by atoms with Gasteiger partial charge in [-0.15, -0.1) is 5.10 Å². The fraction of sp³-hybridized carbons (Fsp3) is 0.625. The van der Waals surface area contributed by atoms with E-state index in [9.17, 15) is 4.79 Å². The predicted octanol–water partition coefficient (Wildman–Crippen LogP) is 2.25. The van der Waals surface area contributed by atoms with Crippen LogP contribution in [0.25, 0.3) is 0 Å². The van der Waals surface area contributed by atoms with Crippen molar-refractivity contribution < 1.29 is 4.79 Å². The minimum Gasteiger partial charge on any atom is -0.293 e. The maximum Gasteiger partial charge on any atom is 0.176 e. The van der Waals surface area contributed by atoms with Gasteiger partial charge < -0.3 is 0 Å². The average molecular weight is 184 g/mol. The molecule has 0 bridgehead atoms. The Hall–Kier alpha value is -0.770. The molecule has 4 heteroatoms. The van der Waals surface area contributed by atoms with E-state index < -0.39 is 0 Å². The summed E-state index contributed by atoms with van der Waals surface area (Å²) in [5, 5.41) is 3.93. The molecule has 0 saturated heterocycles. The van der Waals surface area contributed by atoms with Crippen LogP contribution in [0.15, 0.2) is 0 Å². The summed E-state index contributed by atoms with van der Waals surface area (Å²) in [5.74, 6) is 0.433. The number of nitrogens with zero attached hydrogens (tertiary/aromatic N) is 2. The van der Waals surface area contributed by atoms with E-state index >= 15 is 0 Å². The highest BCUT2D eigenvalue weighted by Gasteiger charge is 2.16. The summed E-state index contributed by atoms with van der Waals surface area (Å²) in [6.45, 7) is 5.89. The normalized spacial score (nSPS) is 10.7. The summed E-state index contributed by atoms with van der Waals surface area (Å²) in [7, 11) is 0. The van der Waals surface area contributed by atoms with Gasteiger partial charge >= 0.3 is 0 Å². The number of Topliss-reactive ketones (excluding diaryl/α,β-unsaturated/α-hetero) is 1. The van der Waals surface area contributed by atoms with Crippen molar-refractivity contribution in [1.82, 2.24) is 9.59 Å². The third kappa shape index (κ3) is 1.69. The molecule has 3 nitrogen and oxygen atoms in total. The molecule has 66 valence electrons. The predicted molar refractivity (Wildman–Crippen MR) is 48.6 cm³/mol. The lowest BCUT2D eigenvalue weighted by Gasteiger charge is -2.00. The molecule has 1 heterocycles. The molecule has 1 aromatic rings. The lowest BCUT2D eigenvalue weighted by Crippen LogP contribution is -2.00. The summed E-state index contributed by atoms with van der Waals surface area (Å²) < 4.78 is 3.78. The van der Waals surface area contributed by atoms with Gasteiger partial charge in [-0.05, 0) is 17.5 Å². The summed E-state index contributed by atoms with van der Waals surface area (Å²) in [6, 6.07) is 0. The smallest absolute Gasteiger partial charge is 0.176 e. The van der Waals surface area contributed by atoms with Crippen molar-refractivity contribution >= 4 is 17.3 Å². The van der Waals surface area contributed by atoms with Crippen molar-refractivity contribution in [3.05, 3.63) is 10.6 Å². The van der Waals surface area contributed by atoms with Crippen molar-refractivity contribution in [1.29, 1.82) is 0 Å². The van der Waals surface area contributed by atoms with Gasteiger partial charge in [-0.3, -0.25) is 4.79 Å². The van der Waals surface area contributed by atoms with Gasteiger partial charge in [0.2, 0.25) is 0 Å². The third-order valence-electron chi connectivity index (χ3n) is 1.63. The Kier molecular flexibility index (Phi) is 2.92. The second kappa shape index (κ2) is 3.76. The second-order valence-corrected chi connectivity index (χ2v) is 3.67. The van der Waals surface area contributed by atoms with Crippen LogP contribution in [0.2, 0.25) is 0 Å². The maximum atomic E-state index is 11.3. The maximum absolute atomic E-state index is 11.3. The molecule has 0 aromatic carbocycles. The van der Waals surface area contributed by atoms with E-state index in [2.05, 4.69) is 9.59 Å². The van der Waals surface area contributed by atoms with Crippen molar-refractivity contribution in [2.45, 2.75) is 33.1 Å². The molecule has 0 aliphatic rings. The molecule has 0 radical (unpaired) electrons. The number of carbonyl (C=O) groups is 1. The molecule has 0 aliphatic carbocycles. The first-order chi connectivity index (χ1) is 5.66. The van der Waals surface area contributed by atoms with E-state index in [4.69, 9.17) is 0 Å². The van der Waals surface area contributed by atoms with Gasteiger partial charge in [0.15, 0.2) is 5.78 Å². The standard InChI is InChI=1S/C8H12N2OS/c1-4-6(11)8-7(5(2)3)9-10-12-8/h5H,4H2,1-3H3. The van der Waals surface area contributed by atoms with Crippen molar-refractivity contribution in [3.63, 3.8) is 0 Å². The first-order valence-corrected chi connectivity index (χ1v) is 4.79. The number of carbonyl (C=O) groups excluding carboxylic acids is 1. The van der Waals surface area contributed by atoms with Crippen LogP contribution in [-0.4, -0.2) is 15.4 Å². The lowest BCUT2D eigenvalue weighted by molar-refractivity contribution is 0.0990. The van der Waals surface area contributed by atoms with Crippen LogP contribution in [0.5, 0.6) is 0 Å². The number of ketones is 1. The monoisotopic (exact) mass is 184 g/mol. The fourth-order valence-electron chi connectivity index (χ4n) is 0.929. The van der Waals surface area contributed by atoms with Crippen LogP contribution in [0.3, 0.4) is 0 Å². The Morgan fingerprint density at radius 1 is 1.58 bits per heavy atom. The van der Waals surface area contributed by atoms with Gasteiger partial charge in [-0.1, -0.05) is 25.3 Å². The number of hydrogen-bond donors (Lipinski definition) is 0. The van der Waals surface area contributed by atoms with Gasteiger partial charge in [0.25, 0.3) is 0 Å². The molecular formula is C8H12N2OS. The quantitative estimate of drug-likeness (QED) is 0.677. The van der Waals surface area contributed by atoms with E-state index in [1.807, 2.05) is 20.8 Å². The number of aromatic nitrogens is 2. The van der Waals surface area contributed by atoms with Gasteiger partial charge in [0.1, 0.15) is 4.88 Å². The van der Waals surface area contributed by atoms with Crippen LogP contribution in [-0.2, 0) is 0 Å². The molecule has 0 fully saturated rings. The Morgan fingerprint density at radius 2 is 2.25 bits per heavy atom. The molecule has 0 amide bonds. The fourth-order valence-corrected chi connectivity index (χ4v) is 1.76. The van der Waals surface area contributed by atoms with E-state index in [0.29, 0.717) is 6.42 Å². The number of hydrogen-bond acceptors (Lipinski definition) is 4. The third-order valence-corrected chi connectivity index (χ3v) is 2.42. The van der Waals surface area contributed by atoms with Crippen LogP contribution >= 0.6 is 11.5 Å². The highest BCUT2D eigenvalue weighted by molar-refractivity contribution is 7.08. The SMILES string of the molecule is CCC(=O)c1snnc1C(C)C. The molecule has 12 heavy (non-hydrogen) atoms. The summed E-state index contributed by atoms with van der Waals surface area (Å²) >= 11 is 1.20. The summed E-state index contributed by atoms with van der Waals surface area (Å²) in [5.41, 5.74) is 0.840. The largest absolute Gasteiger partial charge is 0.293 e. The lowest BCUT2D eigenvalue weighted by atomic mass is 10.1. The molecule has 0 atom stereocenters. The van der Waals surface area contributed by atoms with E-state index in [1.165, 1.54) is 11.5 Å². The summed E-state index contributed by atoms with van der Waals surface area (Å²) in [6.07, 6.45) is 0.531. The van der Waals surface area contributed by atoms with Crippen LogP contribution in [0.4, 0.5) is 0 Å². The zero-order valence-electron chi connectivity index (χ0n) is 7.50. The Morgan fingerprint density at radius 3 is 2.75 bits per heavy atom. The highest BCUT2D eigenvalue weighted by atomic mass is 32.1. The first kappa shape index (κ1) is 9.32. The number of rotatable bonds is 3. The van der Waals surface area contributed by atoms with E-state index in [0.717, 1.165) is 10.6 Å². The zero-order valence-corrected chi connectivity index (χ0v) is 8.31. The molecule has 0 spiro atoms. The highest BCUT2D eigenvalue weighted by Crippen LogP contribution is 2.20. The molecular weight excluding hydrogens is 172 g/mol. The topological polar surface area (TPSA) is 42.9 Å². The van der Waals surface area contributed by atoms with Crippen molar-refractivity contribution in [3.8, 4) is 0 Å². The first-order valence-electron chi connectivity index (χ1n) is 4.02. The van der Waals surface area contributed by atoms with Gasteiger partial charge in [0.05, 0.1) is 5.69 Å². The molecule has 0 unspecified atom stereocenters. The van der Waals surface area contributed by atoms with Gasteiger partial charge in [0, 0.05) is 6.42 Å².